The molecule has 0 aliphatic carbocycles. The predicted molar refractivity (Wildman–Crippen MR) is 21.1 cm³/mol. The normalized spacial score (nSPS) is 15.5. The minimum absolute atomic E-state index is 1.43. The van der Waals surface area contributed by atoms with E-state index in [0.29, 0.717) is 0 Å². The summed E-state index contributed by atoms with van der Waals surface area (Å²) in [5.41, 5.74) is 0. The van der Waals surface area contributed by atoms with Gasteiger partial charge in [0.2, 0.25) is 0 Å². The lowest BCUT2D eigenvalue weighted by atomic mass is 10.8. The Bertz CT molecular complexity index is 32.5. The molecule has 0 rings (SSSR count). The van der Waals surface area contributed by atoms with Crippen LogP contribution >= 0.6 is 23.2 Å². The molecular weight excluding hydrogens is 130 g/mol. The van der Waals surface area contributed by atoms with Gasteiger partial charge in [-0.3, -0.25) is 0 Å². The van der Waals surface area contributed by atoms with Gasteiger partial charge in [-0.25, -0.2) is 4.39 Å². The Balaban J connectivity index is 2.99. The van der Waals surface area contributed by atoms with E-state index in [4.69, 9.17) is 23.2 Å². The molecule has 0 amide bonds. The second kappa shape index (κ2) is 2.61. The van der Waals surface area contributed by atoms with Crippen LogP contribution < -0.4 is 0 Å². The van der Waals surface area contributed by atoms with Gasteiger partial charge >= 0.3 is 0 Å². The first-order valence-corrected chi connectivity index (χ1v) is 2.10. The lowest BCUT2D eigenvalue weighted by Gasteiger charge is -1.92. The Morgan fingerprint density at radius 2 is 1.67 bits per heavy atom. The van der Waals surface area contributed by atoms with Crippen LogP contribution in [0.1, 0.15) is 0 Å². The van der Waals surface area contributed by atoms with Crippen LogP contribution in [-0.4, -0.2) is 11.2 Å². The summed E-state index contributed by atoms with van der Waals surface area (Å²) < 4.78 is 11.0. The Morgan fingerprint density at radius 1 is 1.50 bits per heavy atom. The highest BCUT2D eigenvalue weighted by molar-refractivity contribution is 6.44. The van der Waals surface area contributed by atoms with Gasteiger partial charge in [-0.2, -0.15) is 5.11 Å². The van der Waals surface area contributed by atoms with E-state index in [9.17, 15) is 9.50 Å². The molecule has 0 aromatic heterocycles. The molecule has 0 fully saturated rings. The molecular formula is C2H2Cl2FO. The minimum atomic E-state index is -2.37. The van der Waals surface area contributed by atoms with Crippen molar-refractivity contribution in [3.8, 4) is 0 Å². The zero-order chi connectivity index (χ0) is 5.15. The number of hydrogen-bond acceptors (Lipinski definition) is 0. The third-order valence-electron chi connectivity index (χ3n) is 0.198. The van der Waals surface area contributed by atoms with E-state index in [1.807, 2.05) is 0 Å². The van der Waals surface area contributed by atoms with Crippen molar-refractivity contribution in [3.05, 3.63) is 0 Å². The first-order valence-electron chi connectivity index (χ1n) is 1.22. The predicted octanol–water partition coefficient (Wildman–Crippen LogP) is 1.52. The van der Waals surface area contributed by atoms with Crippen molar-refractivity contribution < 1.29 is 9.50 Å². The van der Waals surface area contributed by atoms with Crippen molar-refractivity contribution in [2.45, 2.75) is 11.2 Å². The number of halogens is 3. The average molecular weight is 132 g/mol. The summed E-state index contributed by atoms with van der Waals surface area (Å²) in [6.45, 7) is 0. The van der Waals surface area contributed by atoms with E-state index in [0.717, 1.165) is 0 Å². The lowest BCUT2D eigenvalue weighted by molar-refractivity contribution is -0.0104. The fourth-order valence-electron chi connectivity index (χ4n) is 0. The van der Waals surface area contributed by atoms with Gasteiger partial charge in [0.15, 0.2) is 4.84 Å². The molecule has 37 valence electrons. The van der Waals surface area contributed by atoms with Crippen molar-refractivity contribution >= 4 is 23.2 Å². The molecule has 0 aromatic carbocycles. The maximum Gasteiger partial charge on any atom is 0.261 e. The standard InChI is InChI=1S/C2H2Cl2FO/c3-1(4)2(5)6/h1-2H. The van der Waals surface area contributed by atoms with Crippen LogP contribution in [0.5, 0.6) is 0 Å². The summed E-state index contributed by atoms with van der Waals surface area (Å²) in [6, 6.07) is 0. The van der Waals surface area contributed by atoms with Crippen molar-refractivity contribution in [1.29, 1.82) is 0 Å². The molecule has 0 aliphatic rings. The molecule has 0 N–H and O–H groups in total. The Hall–Kier alpha value is 0.470. The van der Waals surface area contributed by atoms with Crippen molar-refractivity contribution in [1.82, 2.24) is 0 Å². The molecule has 1 unspecified atom stereocenters. The SMILES string of the molecule is [O]C(F)C(Cl)Cl. The minimum Gasteiger partial charge on any atom is -0.210 e. The Kier molecular flexibility index (Phi) is 2.82. The van der Waals surface area contributed by atoms with E-state index in [1.165, 1.54) is 0 Å². The fourth-order valence-corrected chi connectivity index (χ4v) is 0. The van der Waals surface area contributed by atoms with Gasteiger partial charge in [0.05, 0.1) is 0 Å². The first-order chi connectivity index (χ1) is 2.64. The topological polar surface area (TPSA) is 19.9 Å². The Labute approximate surface area is 44.7 Å². The van der Waals surface area contributed by atoms with Gasteiger partial charge in [-0.05, 0) is 0 Å². The highest BCUT2D eigenvalue weighted by Crippen LogP contribution is 2.07. The summed E-state index contributed by atoms with van der Waals surface area (Å²) in [7, 11) is 0. The van der Waals surface area contributed by atoms with Crippen LogP contribution in [-0.2, 0) is 5.11 Å². The average Bonchev–Trinajstić information content (AvgIpc) is 1.36. The largest absolute Gasteiger partial charge is 0.261 e. The number of hydrogen-bond donors (Lipinski definition) is 0. The first kappa shape index (κ1) is 6.47. The highest BCUT2D eigenvalue weighted by Gasteiger charge is 2.10. The molecule has 0 saturated carbocycles. The lowest BCUT2D eigenvalue weighted by Crippen LogP contribution is -2.04. The van der Waals surface area contributed by atoms with Crippen molar-refractivity contribution in [2.24, 2.45) is 0 Å². The second-order valence-electron chi connectivity index (χ2n) is 0.686. The molecule has 0 saturated heterocycles. The third-order valence-corrected chi connectivity index (χ3v) is 0.594. The molecule has 6 heavy (non-hydrogen) atoms. The van der Waals surface area contributed by atoms with Gasteiger partial charge in [-0.15, -0.1) is 0 Å². The van der Waals surface area contributed by atoms with E-state index in [2.05, 4.69) is 0 Å². The smallest absolute Gasteiger partial charge is 0.210 e. The molecule has 0 aliphatic heterocycles. The number of rotatable bonds is 1. The molecule has 0 heterocycles. The van der Waals surface area contributed by atoms with E-state index in [1.54, 1.807) is 0 Å². The maximum absolute atomic E-state index is 11.0. The van der Waals surface area contributed by atoms with Gasteiger partial charge in [0, 0.05) is 0 Å². The summed E-state index contributed by atoms with van der Waals surface area (Å²) in [5.74, 6) is 0. The van der Waals surface area contributed by atoms with E-state index < -0.39 is 11.2 Å². The van der Waals surface area contributed by atoms with Crippen molar-refractivity contribution in [3.63, 3.8) is 0 Å². The monoisotopic (exact) mass is 131 g/mol. The summed E-state index contributed by atoms with van der Waals surface area (Å²) >= 11 is 9.38. The third kappa shape index (κ3) is 2.69. The second-order valence-corrected chi connectivity index (χ2v) is 1.85. The quantitative estimate of drug-likeness (QED) is 0.482. The van der Waals surface area contributed by atoms with Crippen LogP contribution in [0.3, 0.4) is 0 Å². The molecule has 1 atom stereocenters. The summed E-state index contributed by atoms with van der Waals surface area (Å²) in [5, 5.41) is 9.30. The van der Waals surface area contributed by atoms with E-state index in [-0.39, 0.29) is 0 Å². The van der Waals surface area contributed by atoms with Crippen LogP contribution in [0.25, 0.3) is 0 Å². The van der Waals surface area contributed by atoms with Crippen LogP contribution in [0.4, 0.5) is 4.39 Å². The summed E-state index contributed by atoms with van der Waals surface area (Å²) in [6.07, 6.45) is -2.37. The van der Waals surface area contributed by atoms with Gasteiger partial charge in [-0.1, -0.05) is 23.2 Å². The van der Waals surface area contributed by atoms with Crippen LogP contribution in [0, 0.1) is 0 Å². The molecule has 4 heteroatoms. The van der Waals surface area contributed by atoms with Gasteiger partial charge in [0.25, 0.3) is 6.36 Å². The molecule has 1 radical (unpaired) electrons. The highest BCUT2D eigenvalue weighted by atomic mass is 35.5. The zero-order valence-corrected chi connectivity index (χ0v) is 4.21. The fraction of sp³-hybridized carbons (Fsp3) is 1.00. The molecule has 0 spiro atoms. The molecule has 0 bridgehead atoms. The van der Waals surface area contributed by atoms with Gasteiger partial charge < -0.3 is 0 Å². The molecule has 1 nitrogen and oxygen atoms in total. The van der Waals surface area contributed by atoms with Crippen molar-refractivity contribution in [2.75, 3.05) is 0 Å². The van der Waals surface area contributed by atoms with Crippen LogP contribution in [0.2, 0.25) is 0 Å². The van der Waals surface area contributed by atoms with Gasteiger partial charge in [0.1, 0.15) is 0 Å². The van der Waals surface area contributed by atoms with Crippen LogP contribution in [0.15, 0.2) is 0 Å². The van der Waals surface area contributed by atoms with E-state index >= 15 is 0 Å². The molecule has 0 aromatic rings. The zero-order valence-electron chi connectivity index (χ0n) is 2.70. The Morgan fingerprint density at radius 3 is 1.67 bits per heavy atom. The number of alkyl halides is 3. The summed E-state index contributed by atoms with van der Waals surface area (Å²) in [4.78, 5) is -1.43. The maximum atomic E-state index is 11.0.